The van der Waals surface area contributed by atoms with Crippen molar-refractivity contribution in [3.05, 3.63) is 64.5 Å². The van der Waals surface area contributed by atoms with Crippen molar-refractivity contribution < 1.29 is 9.53 Å². The van der Waals surface area contributed by atoms with Crippen LogP contribution in [-0.2, 0) is 6.61 Å². The summed E-state index contributed by atoms with van der Waals surface area (Å²) in [6.45, 7) is 4.06. The molecule has 24 heavy (non-hydrogen) atoms. The van der Waals surface area contributed by atoms with E-state index < -0.39 is 0 Å². The largest absolute Gasteiger partial charge is 0.488 e. The molecule has 0 spiro atoms. The van der Waals surface area contributed by atoms with E-state index in [2.05, 4.69) is 16.4 Å². The Labute approximate surface area is 141 Å². The zero-order valence-electron chi connectivity index (χ0n) is 13.8. The van der Waals surface area contributed by atoms with E-state index in [1.165, 1.54) is 5.57 Å². The first-order valence-corrected chi connectivity index (χ1v) is 8.39. The van der Waals surface area contributed by atoms with Gasteiger partial charge in [0.2, 0.25) is 0 Å². The van der Waals surface area contributed by atoms with Gasteiger partial charge in [-0.1, -0.05) is 11.6 Å². The Balaban J connectivity index is 1.99. The van der Waals surface area contributed by atoms with E-state index in [0.29, 0.717) is 12.2 Å². The molecule has 0 unspecified atom stereocenters. The number of hydrogen-bond acceptors (Lipinski definition) is 4. The molecule has 0 radical (unpaired) electrons. The minimum atomic E-state index is 0.0675. The summed E-state index contributed by atoms with van der Waals surface area (Å²) in [5.41, 5.74) is 6.35. The number of ether oxygens (including phenoxy) is 1. The number of nitrogens with one attached hydrogen (secondary N) is 1. The number of aromatic nitrogens is 1. The van der Waals surface area contributed by atoms with Gasteiger partial charge in [0.05, 0.1) is 5.69 Å². The van der Waals surface area contributed by atoms with Gasteiger partial charge < -0.3 is 10.1 Å². The molecular weight excluding hydrogens is 300 g/mol. The van der Waals surface area contributed by atoms with Crippen LogP contribution in [-0.4, -0.2) is 23.9 Å². The van der Waals surface area contributed by atoms with Crippen molar-refractivity contribution in [1.29, 1.82) is 0 Å². The van der Waals surface area contributed by atoms with E-state index >= 15 is 0 Å². The average molecular weight is 320 g/mol. The van der Waals surface area contributed by atoms with Crippen molar-refractivity contribution in [2.24, 2.45) is 0 Å². The van der Waals surface area contributed by atoms with Crippen LogP contribution >= 0.6 is 0 Å². The molecule has 2 aliphatic heterocycles. The van der Waals surface area contributed by atoms with Gasteiger partial charge in [0.25, 0.3) is 0 Å². The normalized spacial score (nSPS) is 16.7. The smallest absolute Gasteiger partial charge is 0.159 e. The number of benzene rings is 1. The molecule has 3 heterocycles. The summed E-state index contributed by atoms with van der Waals surface area (Å²) in [5.74, 6) is 0.900. The summed E-state index contributed by atoms with van der Waals surface area (Å²) in [6.07, 6.45) is 3.82. The second-order valence-electron chi connectivity index (χ2n) is 6.30. The van der Waals surface area contributed by atoms with E-state index in [0.717, 1.165) is 54.1 Å². The standard InChI is InChI=1S/C20H20N2O2/c1-13(23)15-4-5-18-17(11-15)19(14-6-9-21-10-7-14)20-16(12-24-18)3-2-8-22-20/h2-5,8,11,21H,6-7,9-10,12H2,1H3. The lowest BCUT2D eigenvalue weighted by Crippen LogP contribution is -2.24. The predicted molar refractivity (Wildman–Crippen MR) is 93.1 cm³/mol. The molecule has 1 fully saturated rings. The molecule has 2 aliphatic rings. The van der Waals surface area contributed by atoms with Crippen molar-refractivity contribution in [3.8, 4) is 5.75 Å². The maximum absolute atomic E-state index is 11.9. The van der Waals surface area contributed by atoms with Gasteiger partial charge in [-0.3, -0.25) is 9.78 Å². The number of nitrogens with zero attached hydrogens (tertiary/aromatic N) is 1. The third kappa shape index (κ3) is 2.63. The maximum atomic E-state index is 11.9. The van der Waals surface area contributed by atoms with Crippen LogP contribution in [0.2, 0.25) is 0 Å². The number of carbonyl (C=O) groups excluding carboxylic acids is 1. The molecule has 1 N–H and O–H groups in total. The highest BCUT2D eigenvalue weighted by molar-refractivity contribution is 5.96. The average Bonchev–Trinajstić information content (AvgIpc) is 2.78. The van der Waals surface area contributed by atoms with Gasteiger partial charge in [0.1, 0.15) is 12.4 Å². The van der Waals surface area contributed by atoms with Crippen molar-refractivity contribution in [3.63, 3.8) is 0 Å². The van der Waals surface area contributed by atoms with Crippen LogP contribution < -0.4 is 10.1 Å². The molecule has 0 amide bonds. The van der Waals surface area contributed by atoms with Crippen LogP contribution in [0.4, 0.5) is 0 Å². The fourth-order valence-electron chi connectivity index (χ4n) is 3.47. The number of pyridine rings is 1. The van der Waals surface area contributed by atoms with Crippen molar-refractivity contribution in [2.45, 2.75) is 26.4 Å². The molecule has 0 bridgehead atoms. The molecule has 2 aromatic rings. The molecule has 1 saturated heterocycles. The lowest BCUT2D eigenvalue weighted by molar-refractivity contribution is 0.101. The van der Waals surface area contributed by atoms with Gasteiger partial charge in [-0.25, -0.2) is 0 Å². The fourth-order valence-corrected chi connectivity index (χ4v) is 3.47. The van der Waals surface area contributed by atoms with Crippen LogP contribution in [0.1, 0.15) is 46.9 Å². The quantitative estimate of drug-likeness (QED) is 0.819. The topological polar surface area (TPSA) is 51.2 Å². The molecule has 1 aromatic carbocycles. The van der Waals surface area contributed by atoms with Gasteiger partial charge in [-0.05, 0) is 57.1 Å². The summed E-state index contributed by atoms with van der Waals surface area (Å²) in [7, 11) is 0. The molecule has 0 saturated carbocycles. The molecule has 4 rings (SSSR count). The van der Waals surface area contributed by atoms with E-state index in [4.69, 9.17) is 4.74 Å². The highest BCUT2D eigenvalue weighted by Gasteiger charge is 2.24. The highest BCUT2D eigenvalue weighted by atomic mass is 16.5. The van der Waals surface area contributed by atoms with Gasteiger partial charge in [-0.2, -0.15) is 0 Å². The second-order valence-corrected chi connectivity index (χ2v) is 6.30. The predicted octanol–water partition coefficient (Wildman–Crippen LogP) is 3.36. The van der Waals surface area contributed by atoms with Gasteiger partial charge in [-0.15, -0.1) is 0 Å². The summed E-state index contributed by atoms with van der Waals surface area (Å²) in [4.78, 5) is 16.5. The monoisotopic (exact) mass is 320 g/mol. The maximum Gasteiger partial charge on any atom is 0.159 e. The fraction of sp³-hybridized carbons (Fsp3) is 0.300. The number of piperidine rings is 1. The number of ketones is 1. The molecular formula is C20H20N2O2. The Bertz CT molecular complexity index is 831. The number of Topliss-reactive ketones (excluding diaryl/α,β-unsaturated/α-hetero) is 1. The van der Waals surface area contributed by atoms with Crippen molar-refractivity contribution >= 4 is 11.4 Å². The van der Waals surface area contributed by atoms with Gasteiger partial charge in [0, 0.05) is 28.5 Å². The Morgan fingerprint density at radius 3 is 2.83 bits per heavy atom. The minimum Gasteiger partial charge on any atom is -0.488 e. The minimum absolute atomic E-state index is 0.0675. The lowest BCUT2D eigenvalue weighted by Gasteiger charge is -2.21. The number of hydrogen-bond donors (Lipinski definition) is 1. The highest BCUT2D eigenvalue weighted by Crippen LogP contribution is 2.40. The zero-order valence-corrected chi connectivity index (χ0v) is 13.8. The van der Waals surface area contributed by atoms with Crippen LogP contribution in [0.25, 0.3) is 5.57 Å². The van der Waals surface area contributed by atoms with Crippen LogP contribution in [0.15, 0.2) is 42.1 Å². The lowest BCUT2D eigenvalue weighted by atomic mass is 9.88. The molecule has 4 heteroatoms. The van der Waals surface area contributed by atoms with Crippen LogP contribution in [0.3, 0.4) is 0 Å². The van der Waals surface area contributed by atoms with Crippen molar-refractivity contribution in [2.75, 3.05) is 13.1 Å². The molecule has 122 valence electrons. The van der Waals surface area contributed by atoms with Crippen LogP contribution in [0, 0.1) is 0 Å². The first-order valence-electron chi connectivity index (χ1n) is 8.39. The van der Waals surface area contributed by atoms with E-state index in [9.17, 15) is 4.79 Å². The van der Waals surface area contributed by atoms with E-state index in [1.54, 1.807) is 6.92 Å². The zero-order chi connectivity index (χ0) is 16.5. The number of rotatable bonds is 1. The third-order valence-corrected chi connectivity index (χ3v) is 4.73. The molecule has 1 aromatic heterocycles. The van der Waals surface area contributed by atoms with Crippen LogP contribution in [0.5, 0.6) is 5.75 Å². The number of fused-ring (bicyclic) bond motifs is 2. The summed E-state index contributed by atoms with van der Waals surface area (Å²) in [5, 5.41) is 3.41. The SMILES string of the molecule is CC(=O)c1ccc2c(c1)C(=C1CCNCC1)c1ncccc1CO2. The molecule has 0 aliphatic carbocycles. The molecule has 0 atom stereocenters. The third-order valence-electron chi connectivity index (χ3n) is 4.73. The first kappa shape index (κ1) is 15.1. The summed E-state index contributed by atoms with van der Waals surface area (Å²) < 4.78 is 6.03. The Morgan fingerprint density at radius 1 is 1.21 bits per heavy atom. The van der Waals surface area contributed by atoms with Gasteiger partial charge in [0.15, 0.2) is 5.78 Å². The Kier molecular flexibility index (Phi) is 3.90. The number of carbonyl (C=O) groups is 1. The second kappa shape index (κ2) is 6.21. The van der Waals surface area contributed by atoms with E-state index in [-0.39, 0.29) is 5.78 Å². The summed E-state index contributed by atoms with van der Waals surface area (Å²) in [6, 6.07) is 9.74. The van der Waals surface area contributed by atoms with Gasteiger partial charge >= 0.3 is 0 Å². The van der Waals surface area contributed by atoms with Crippen molar-refractivity contribution in [1.82, 2.24) is 10.3 Å². The molecule has 4 nitrogen and oxygen atoms in total. The summed E-state index contributed by atoms with van der Waals surface area (Å²) >= 11 is 0. The Morgan fingerprint density at radius 2 is 2.04 bits per heavy atom. The van der Waals surface area contributed by atoms with E-state index in [1.807, 2.05) is 30.5 Å². The Hall–Kier alpha value is -2.46. The first-order chi connectivity index (χ1) is 11.7.